The first-order chi connectivity index (χ1) is 14.1. The first kappa shape index (κ1) is 20.2. The van der Waals surface area contributed by atoms with Crippen LogP contribution in [0.4, 0.5) is 0 Å². The van der Waals surface area contributed by atoms with Gasteiger partial charge in [0.2, 0.25) is 0 Å². The molecule has 1 amide bonds. The maximum absolute atomic E-state index is 12.7. The van der Waals surface area contributed by atoms with Crippen LogP contribution < -0.4 is 4.74 Å². The highest BCUT2D eigenvalue weighted by atomic mass is 16.5. The van der Waals surface area contributed by atoms with Gasteiger partial charge in [-0.2, -0.15) is 0 Å². The third-order valence-corrected chi connectivity index (χ3v) is 5.82. The monoisotopic (exact) mass is 396 g/mol. The first-order valence-electron chi connectivity index (χ1n) is 10.9. The average Bonchev–Trinajstić information content (AvgIpc) is 2.74. The smallest absolute Gasteiger partial charge is 0.254 e. The van der Waals surface area contributed by atoms with Gasteiger partial charge in [0.15, 0.2) is 0 Å². The lowest BCUT2D eigenvalue weighted by atomic mass is 10.0. The molecule has 2 aliphatic heterocycles. The number of hydrogen-bond acceptors (Lipinski definition) is 4. The molecule has 5 nitrogen and oxygen atoms in total. The molecule has 4 rings (SSSR count). The van der Waals surface area contributed by atoms with Gasteiger partial charge in [0.1, 0.15) is 11.9 Å². The Balaban J connectivity index is 1.39. The van der Waals surface area contributed by atoms with Crippen LogP contribution in [-0.4, -0.2) is 67.7 Å². The van der Waals surface area contributed by atoms with Crippen molar-refractivity contribution in [3.8, 4) is 5.75 Å². The molecule has 0 spiro atoms. The normalized spacial score (nSPS) is 19.1. The highest BCUT2D eigenvalue weighted by Gasteiger charge is 2.21. The molecule has 2 aliphatic rings. The van der Waals surface area contributed by atoms with Gasteiger partial charge in [0, 0.05) is 38.3 Å². The van der Waals surface area contributed by atoms with Crippen molar-refractivity contribution < 1.29 is 14.3 Å². The molecule has 156 valence electrons. The Bertz CT molecular complexity index is 837. The van der Waals surface area contributed by atoms with E-state index in [4.69, 9.17) is 9.47 Å². The molecule has 0 aromatic heterocycles. The molecule has 2 fully saturated rings. The molecule has 0 saturated carbocycles. The Hall–Kier alpha value is -2.11. The van der Waals surface area contributed by atoms with Crippen LogP contribution in [0.25, 0.3) is 10.8 Å². The van der Waals surface area contributed by atoms with Crippen molar-refractivity contribution in [1.82, 2.24) is 9.80 Å². The van der Waals surface area contributed by atoms with Crippen molar-refractivity contribution >= 4 is 16.7 Å². The van der Waals surface area contributed by atoms with Crippen molar-refractivity contribution in [3.05, 3.63) is 42.0 Å². The number of amides is 1. The molecule has 0 aliphatic carbocycles. The Morgan fingerprint density at radius 1 is 1.03 bits per heavy atom. The van der Waals surface area contributed by atoms with Crippen molar-refractivity contribution in [1.29, 1.82) is 0 Å². The number of likely N-dealkylation sites (tertiary alicyclic amines) is 1. The van der Waals surface area contributed by atoms with Crippen LogP contribution in [-0.2, 0) is 4.74 Å². The number of morpholine rings is 1. The van der Waals surface area contributed by atoms with E-state index < -0.39 is 0 Å². The topological polar surface area (TPSA) is 42.0 Å². The predicted octanol–water partition coefficient (Wildman–Crippen LogP) is 3.81. The molecular formula is C24H32N2O3. The molecule has 5 heteroatoms. The van der Waals surface area contributed by atoms with E-state index in [1.165, 1.54) is 6.54 Å². The Morgan fingerprint density at radius 2 is 1.72 bits per heavy atom. The second-order valence-electron chi connectivity index (χ2n) is 8.64. The van der Waals surface area contributed by atoms with E-state index in [1.54, 1.807) is 0 Å². The summed E-state index contributed by atoms with van der Waals surface area (Å²) in [4.78, 5) is 17.1. The summed E-state index contributed by atoms with van der Waals surface area (Å²) in [6.07, 6.45) is 2.45. The SMILES string of the molecule is CC(C)CN1CCC(Oc2ccc3cc(C(=O)N4CCOCC4)ccc3c2)CC1. The fourth-order valence-corrected chi connectivity index (χ4v) is 4.30. The minimum atomic E-state index is 0.0867. The number of carbonyl (C=O) groups excluding carboxylic acids is 1. The minimum absolute atomic E-state index is 0.0867. The van der Waals surface area contributed by atoms with Crippen molar-refractivity contribution in [2.24, 2.45) is 5.92 Å². The maximum atomic E-state index is 12.7. The number of piperidine rings is 1. The van der Waals surface area contributed by atoms with E-state index in [9.17, 15) is 4.79 Å². The van der Waals surface area contributed by atoms with Crippen molar-refractivity contribution in [2.45, 2.75) is 32.8 Å². The Morgan fingerprint density at radius 3 is 2.45 bits per heavy atom. The third-order valence-electron chi connectivity index (χ3n) is 5.82. The summed E-state index contributed by atoms with van der Waals surface area (Å²) in [5, 5.41) is 2.18. The third kappa shape index (κ3) is 5.09. The molecule has 0 atom stereocenters. The molecule has 2 heterocycles. The van der Waals surface area contributed by atoms with E-state index in [-0.39, 0.29) is 12.0 Å². The van der Waals surface area contributed by atoms with Crippen molar-refractivity contribution in [3.63, 3.8) is 0 Å². The van der Waals surface area contributed by atoms with Gasteiger partial charge in [-0.1, -0.05) is 26.0 Å². The number of ether oxygens (including phenoxy) is 2. The van der Waals surface area contributed by atoms with Crippen LogP contribution in [0.5, 0.6) is 5.75 Å². The number of rotatable bonds is 5. The second-order valence-corrected chi connectivity index (χ2v) is 8.64. The van der Waals surface area contributed by atoms with E-state index in [0.717, 1.165) is 48.0 Å². The quantitative estimate of drug-likeness (QED) is 0.771. The zero-order valence-corrected chi connectivity index (χ0v) is 17.6. The van der Waals surface area contributed by atoms with Gasteiger partial charge in [0.05, 0.1) is 13.2 Å². The summed E-state index contributed by atoms with van der Waals surface area (Å²) in [5.74, 6) is 1.73. The van der Waals surface area contributed by atoms with E-state index in [1.807, 2.05) is 29.2 Å². The molecular weight excluding hydrogens is 364 g/mol. The molecule has 0 radical (unpaired) electrons. The Labute approximate surface area is 173 Å². The predicted molar refractivity (Wildman–Crippen MR) is 116 cm³/mol. The van der Waals surface area contributed by atoms with Crippen molar-refractivity contribution in [2.75, 3.05) is 45.9 Å². The molecule has 0 bridgehead atoms. The number of carbonyl (C=O) groups is 1. The van der Waals surface area contributed by atoms with Gasteiger partial charge in [-0.3, -0.25) is 4.79 Å². The lowest BCUT2D eigenvalue weighted by Gasteiger charge is -2.33. The molecule has 29 heavy (non-hydrogen) atoms. The number of nitrogens with zero attached hydrogens (tertiary/aromatic N) is 2. The van der Waals surface area contributed by atoms with Gasteiger partial charge in [-0.05, 0) is 53.8 Å². The summed E-state index contributed by atoms with van der Waals surface area (Å²) in [6, 6.07) is 12.1. The fourth-order valence-electron chi connectivity index (χ4n) is 4.30. The number of hydrogen-bond donors (Lipinski definition) is 0. The van der Waals surface area contributed by atoms with Gasteiger partial charge in [-0.15, -0.1) is 0 Å². The number of benzene rings is 2. The summed E-state index contributed by atoms with van der Waals surface area (Å²) < 4.78 is 11.6. The van der Waals surface area contributed by atoms with Crippen LogP contribution in [0.3, 0.4) is 0 Å². The lowest BCUT2D eigenvalue weighted by molar-refractivity contribution is 0.0303. The molecule has 0 N–H and O–H groups in total. The summed E-state index contributed by atoms with van der Waals surface area (Å²) >= 11 is 0. The van der Waals surface area contributed by atoms with Gasteiger partial charge < -0.3 is 19.3 Å². The second kappa shape index (κ2) is 9.14. The van der Waals surface area contributed by atoms with E-state index in [0.29, 0.717) is 32.2 Å². The first-order valence-corrected chi connectivity index (χ1v) is 10.9. The van der Waals surface area contributed by atoms with E-state index >= 15 is 0 Å². The van der Waals surface area contributed by atoms with Crippen LogP contribution in [0.15, 0.2) is 36.4 Å². The van der Waals surface area contributed by atoms with Crippen LogP contribution in [0.2, 0.25) is 0 Å². The van der Waals surface area contributed by atoms with Crippen LogP contribution >= 0.6 is 0 Å². The molecule has 2 aromatic rings. The lowest BCUT2D eigenvalue weighted by Crippen LogP contribution is -2.40. The molecule has 2 saturated heterocycles. The average molecular weight is 397 g/mol. The molecule has 2 aromatic carbocycles. The Kier molecular flexibility index (Phi) is 6.36. The standard InChI is InChI=1S/C24H32N2O3/c1-18(2)17-25-9-7-22(8-10-25)29-23-6-5-19-15-21(4-3-20(19)16-23)24(27)26-11-13-28-14-12-26/h3-6,15-16,18,22H,7-14,17H2,1-2H3. The highest BCUT2D eigenvalue weighted by Crippen LogP contribution is 2.25. The van der Waals surface area contributed by atoms with Gasteiger partial charge >= 0.3 is 0 Å². The minimum Gasteiger partial charge on any atom is -0.490 e. The summed E-state index contributed by atoms with van der Waals surface area (Å²) in [6.45, 7) is 10.5. The van der Waals surface area contributed by atoms with Crippen LogP contribution in [0.1, 0.15) is 37.0 Å². The van der Waals surface area contributed by atoms with Gasteiger partial charge in [0.25, 0.3) is 5.91 Å². The van der Waals surface area contributed by atoms with Crippen LogP contribution in [0, 0.1) is 5.92 Å². The summed E-state index contributed by atoms with van der Waals surface area (Å²) in [7, 11) is 0. The highest BCUT2D eigenvalue weighted by molar-refractivity contribution is 5.98. The van der Waals surface area contributed by atoms with Gasteiger partial charge in [-0.25, -0.2) is 0 Å². The van der Waals surface area contributed by atoms with E-state index in [2.05, 4.69) is 30.9 Å². The fraction of sp³-hybridized carbons (Fsp3) is 0.542. The maximum Gasteiger partial charge on any atom is 0.254 e. The molecule has 0 unspecified atom stereocenters. The summed E-state index contributed by atoms with van der Waals surface area (Å²) in [5.41, 5.74) is 0.741. The zero-order chi connectivity index (χ0) is 20.2. The number of fused-ring (bicyclic) bond motifs is 1. The largest absolute Gasteiger partial charge is 0.490 e. The zero-order valence-electron chi connectivity index (χ0n) is 17.6.